The molecule has 0 aromatic heterocycles. The first-order valence-corrected chi connectivity index (χ1v) is 4.81. The molecule has 1 aliphatic heterocycles. The molecule has 2 rings (SSSR count). The highest BCUT2D eigenvalue weighted by atomic mass is 16.4. The second-order valence-corrected chi connectivity index (χ2v) is 4.28. The summed E-state index contributed by atoms with van der Waals surface area (Å²) in [7, 11) is 0. The predicted molar refractivity (Wildman–Crippen MR) is 48.4 cm³/mol. The molecule has 1 saturated carbocycles. The molecule has 0 radical (unpaired) electrons. The lowest BCUT2D eigenvalue weighted by molar-refractivity contribution is -0.137. The number of fused-ring (bicyclic) bond motifs is 1. The Morgan fingerprint density at radius 1 is 1.54 bits per heavy atom. The molecular weight excluding hydrogens is 168 g/mol. The van der Waals surface area contributed by atoms with E-state index >= 15 is 0 Å². The predicted octanol–water partition coefficient (Wildman–Crippen LogP) is 0.291. The number of aliphatic carboxylic acids is 1. The molecule has 3 N–H and O–H groups in total. The molecule has 2 fully saturated rings. The molecule has 1 unspecified atom stereocenters. The molecule has 1 saturated heterocycles. The average Bonchev–Trinajstić information content (AvgIpc) is 2.47. The van der Waals surface area contributed by atoms with Gasteiger partial charge >= 0.3 is 5.97 Å². The SMILES string of the molecule is CC[C@]12C[C@@]1(CC(=O)O)NC(C)N2. The summed E-state index contributed by atoms with van der Waals surface area (Å²) in [4.78, 5) is 10.7. The summed E-state index contributed by atoms with van der Waals surface area (Å²) < 4.78 is 0. The van der Waals surface area contributed by atoms with Gasteiger partial charge in [-0.1, -0.05) is 6.92 Å². The number of rotatable bonds is 3. The molecular formula is C9H16N2O2. The van der Waals surface area contributed by atoms with Crippen molar-refractivity contribution in [3.63, 3.8) is 0 Å². The Bertz CT molecular complexity index is 256. The van der Waals surface area contributed by atoms with Crippen LogP contribution in [0.2, 0.25) is 0 Å². The number of nitrogens with one attached hydrogen (secondary N) is 2. The Hall–Kier alpha value is -0.610. The van der Waals surface area contributed by atoms with Crippen molar-refractivity contribution in [2.75, 3.05) is 0 Å². The maximum absolute atomic E-state index is 10.7. The van der Waals surface area contributed by atoms with E-state index in [-0.39, 0.29) is 23.7 Å². The van der Waals surface area contributed by atoms with E-state index in [1.807, 2.05) is 6.92 Å². The normalized spacial score (nSPS) is 47.4. The van der Waals surface area contributed by atoms with Crippen molar-refractivity contribution in [3.8, 4) is 0 Å². The van der Waals surface area contributed by atoms with Gasteiger partial charge in [-0.15, -0.1) is 0 Å². The fraction of sp³-hybridized carbons (Fsp3) is 0.889. The molecule has 0 spiro atoms. The van der Waals surface area contributed by atoms with Crippen molar-refractivity contribution in [1.29, 1.82) is 0 Å². The van der Waals surface area contributed by atoms with Gasteiger partial charge < -0.3 is 5.11 Å². The number of carbonyl (C=O) groups is 1. The highest BCUT2D eigenvalue weighted by molar-refractivity contribution is 5.70. The lowest BCUT2D eigenvalue weighted by Gasteiger charge is -2.13. The van der Waals surface area contributed by atoms with E-state index < -0.39 is 5.97 Å². The van der Waals surface area contributed by atoms with Gasteiger partial charge in [0.2, 0.25) is 0 Å². The van der Waals surface area contributed by atoms with Crippen LogP contribution >= 0.6 is 0 Å². The zero-order chi connectivity index (χ0) is 9.69. The minimum Gasteiger partial charge on any atom is -0.481 e. The molecule has 13 heavy (non-hydrogen) atoms. The van der Waals surface area contributed by atoms with Gasteiger partial charge in [-0.05, 0) is 19.8 Å². The summed E-state index contributed by atoms with van der Waals surface area (Å²) in [5.41, 5.74) is -0.0994. The molecule has 3 atom stereocenters. The Balaban J connectivity index is 2.13. The molecule has 2 aliphatic rings. The van der Waals surface area contributed by atoms with Crippen molar-refractivity contribution in [3.05, 3.63) is 0 Å². The van der Waals surface area contributed by atoms with Crippen LogP contribution in [0.5, 0.6) is 0 Å². The van der Waals surface area contributed by atoms with Gasteiger partial charge in [-0.25, -0.2) is 0 Å². The first kappa shape index (κ1) is 8.97. The van der Waals surface area contributed by atoms with Gasteiger partial charge in [0.25, 0.3) is 0 Å². The average molecular weight is 184 g/mol. The van der Waals surface area contributed by atoms with Gasteiger partial charge in [0.15, 0.2) is 0 Å². The lowest BCUT2D eigenvalue weighted by Crippen LogP contribution is -2.38. The zero-order valence-corrected chi connectivity index (χ0v) is 8.05. The molecule has 0 amide bonds. The number of hydrogen-bond donors (Lipinski definition) is 3. The summed E-state index contributed by atoms with van der Waals surface area (Å²) in [5.74, 6) is -0.710. The summed E-state index contributed by atoms with van der Waals surface area (Å²) in [6.45, 7) is 4.14. The molecule has 1 heterocycles. The van der Waals surface area contributed by atoms with Crippen LogP contribution < -0.4 is 10.6 Å². The van der Waals surface area contributed by atoms with Crippen LogP contribution in [0, 0.1) is 0 Å². The highest BCUT2D eigenvalue weighted by Gasteiger charge is 2.71. The van der Waals surface area contributed by atoms with Crippen molar-refractivity contribution in [2.45, 2.75) is 50.4 Å². The van der Waals surface area contributed by atoms with Gasteiger partial charge in [0.1, 0.15) is 0 Å². The molecule has 0 aromatic carbocycles. The molecule has 74 valence electrons. The van der Waals surface area contributed by atoms with Crippen LogP contribution in [0.15, 0.2) is 0 Å². The topological polar surface area (TPSA) is 61.4 Å². The quantitative estimate of drug-likeness (QED) is 0.590. The number of carboxylic acids is 1. The van der Waals surface area contributed by atoms with Crippen LogP contribution in [-0.2, 0) is 4.79 Å². The lowest BCUT2D eigenvalue weighted by atomic mass is 10.1. The van der Waals surface area contributed by atoms with Crippen LogP contribution in [0.4, 0.5) is 0 Å². The molecule has 4 nitrogen and oxygen atoms in total. The van der Waals surface area contributed by atoms with Gasteiger partial charge in [0, 0.05) is 5.54 Å². The number of carboxylic acid groups (broad SMARTS) is 1. The third-order valence-corrected chi connectivity index (χ3v) is 3.44. The van der Waals surface area contributed by atoms with E-state index in [0.29, 0.717) is 0 Å². The van der Waals surface area contributed by atoms with E-state index in [0.717, 1.165) is 12.8 Å². The highest BCUT2D eigenvalue weighted by Crippen LogP contribution is 2.55. The van der Waals surface area contributed by atoms with Crippen molar-refractivity contribution in [2.24, 2.45) is 0 Å². The first-order valence-electron chi connectivity index (χ1n) is 4.81. The smallest absolute Gasteiger partial charge is 0.305 e. The van der Waals surface area contributed by atoms with E-state index in [1.54, 1.807) is 0 Å². The Kier molecular flexibility index (Phi) is 1.69. The Morgan fingerprint density at radius 2 is 2.15 bits per heavy atom. The summed E-state index contributed by atoms with van der Waals surface area (Å²) in [6.07, 6.45) is 2.43. The van der Waals surface area contributed by atoms with Gasteiger partial charge in [-0.2, -0.15) is 0 Å². The van der Waals surface area contributed by atoms with Crippen LogP contribution in [0.1, 0.15) is 33.1 Å². The summed E-state index contributed by atoms with van der Waals surface area (Å²) in [6, 6.07) is 0. The maximum atomic E-state index is 10.7. The minimum absolute atomic E-state index is 0.0603. The van der Waals surface area contributed by atoms with Crippen molar-refractivity contribution >= 4 is 5.97 Å². The fourth-order valence-electron chi connectivity index (χ4n) is 2.82. The Labute approximate surface area is 77.7 Å². The van der Waals surface area contributed by atoms with Crippen molar-refractivity contribution < 1.29 is 9.90 Å². The molecule has 0 bridgehead atoms. The van der Waals surface area contributed by atoms with E-state index in [4.69, 9.17) is 5.11 Å². The third kappa shape index (κ3) is 1.09. The fourth-order valence-corrected chi connectivity index (χ4v) is 2.82. The van der Waals surface area contributed by atoms with Crippen molar-refractivity contribution in [1.82, 2.24) is 10.6 Å². The standard InChI is InChI=1S/C9H16N2O2/c1-3-8-5-9(8,4-7(12)13)11-6(2)10-8/h6,10-11H,3-5H2,1-2H3,(H,12,13)/t6?,8-,9+/m0/s1. The van der Waals surface area contributed by atoms with Crippen LogP contribution in [0.25, 0.3) is 0 Å². The van der Waals surface area contributed by atoms with Crippen LogP contribution in [-0.4, -0.2) is 28.3 Å². The minimum atomic E-state index is -0.710. The van der Waals surface area contributed by atoms with Crippen LogP contribution in [0.3, 0.4) is 0 Å². The van der Waals surface area contributed by atoms with E-state index in [1.165, 1.54) is 0 Å². The maximum Gasteiger partial charge on any atom is 0.305 e. The van der Waals surface area contributed by atoms with Gasteiger partial charge in [0.05, 0.1) is 18.1 Å². The molecule has 0 aromatic rings. The Morgan fingerprint density at radius 3 is 2.69 bits per heavy atom. The summed E-state index contributed by atoms with van der Waals surface area (Å²) in [5, 5.41) is 15.6. The largest absolute Gasteiger partial charge is 0.481 e. The first-order chi connectivity index (χ1) is 6.04. The monoisotopic (exact) mass is 184 g/mol. The second-order valence-electron chi connectivity index (χ2n) is 4.28. The van der Waals surface area contributed by atoms with E-state index in [2.05, 4.69) is 17.6 Å². The van der Waals surface area contributed by atoms with E-state index in [9.17, 15) is 4.79 Å². The summed E-state index contributed by atoms with van der Waals surface area (Å²) >= 11 is 0. The number of hydrogen-bond acceptors (Lipinski definition) is 3. The third-order valence-electron chi connectivity index (χ3n) is 3.44. The zero-order valence-electron chi connectivity index (χ0n) is 8.05. The van der Waals surface area contributed by atoms with Gasteiger partial charge in [-0.3, -0.25) is 15.4 Å². The molecule has 4 heteroatoms. The second kappa shape index (κ2) is 2.45. The molecule has 1 aliphatic carbocycles.